The van der Waals surface area contributed by atoms with Crippen molar-refractivity contribution in [3.63, 3.8) is 0 Å². The molecule has 0 aromatic rings. The van der Waals surface area contributed by atoms with Crippen molar-refractivity contribution >= 4 is 11.6 Å². The van der Waals surface area contributed by atoms with E-state index in [-0.39, 0.29) is 22.4 Å². The van der Waals surface area contributed by atoms with Gasteiger partial charge in [-0.25, -0.2) is 0 Å². The molecule has 0 N–H and O–H groups in total. The van der Waals surface area contributed by atoms with Gasteiger partial charge in [-0.05, 0) is 35.3 Å². The van der Waals surface area contributed by atoms with Crippen LogP contribution in [0.4, 0.5) is 0 Å². The van der Waals surface area contributed by atoms with Crippen LogP contribution in [0, 0.1) is 10.8 Å². The summed E-state index contributed by atoms with van der Waals surface area (Å²) < 4.78 is 0. The molecule has 0 amide bonds. The Hall–Kier alpha value is -1.18. The lowest BCUT2D eigenvalue weighted by Crippen LogP contribution is -2.30. The number of carbonyl (C=O) groups excluding carboxylic acids is 2. The summed E-state index contributed by atoms with van der Waals surface area (Å²) in [5.41, 5.74) is 1.33. The predicted octanol–water partition coefficient (Wildman–Crippen LogP) is 3.86. The molecule has 2 nitrogen and oxygen atoms in total. The number of hydrogen-bond donors (Lipinski definition) is 0. The standard InChI is InChI=1S/C16H24O2/c1-7-15(3,4)11-9-12(16(5,6)8-2)14(18)13(17)10-11/h9-10H,7-8H2,1-6H3. The van der Waals surface area contributed by atoms with E-state index in [1.165, 1.54) is 6.08 Å². The molecule has 18 heavy (non-hydrogen) atoms. The van der Waals surface area contributed by atoms with Crippen LogP contribution in [0.2, 0.25) is 0 Å². The molecule has 0 saturated carbocycles. The van der Waals surface area contributed by atoms with Gasteiger partial charge in [-0.1, -0.05) is 47.6 Å². The summed E-state index contributed by atoms with van der Waals surface area (Å²) in [6.45, 7) is 12.4. The zero-order valence-corrected chi connectivity index (χ0v) is 12.4. The highest BCUT2D eigenvalue weighted by Crippen LogP contribution is 2.39. The van der Waals surface area contributed by atoms with E-state index in [2.05, 4.69) is 20.8 Å². The van der Waals surface area contributed by atoms with Gasteiger partial charge in [0.2, 0.25) is 11.6 Å². The highest BCUT2D eigenvalue weighted by atomic mass is 16.2. The Morgan fingerprint density at radius 1 is 0.889 bits per heavy atom. The third-order valence-corrected chi connectivity index (χ3v) is 4.33. The van der Waals surface area contributed by atoms with Crippen LogP contribution in [-0.2, 0) is 9.59 Å². The van der Waals surface area contributed by atoms with Gasteiger partial charge >= 0.3 is 0 Å². The molecule has 0 unspecified atom stereocenters. The van der Waals surface area contributed by atoms with Crippen molar-refractivity contribution in [3.8, 4) is 0 Å². The molecular formula is C16H24O2. The molecule has 0 heterocycles. The smallest absolute Gasteiger partial charge is 0.229 e. The summed E-state index contributed by atoms with van der Waals surface area (Å²) in [5.74, 6) is -0.706. The van der Waals surface area contributed by atoms with Crippen molar-refractivity contribution < 1.29 is 9.59 Å². The third kappa shape index (κ3) is 2.63. The molecule has 2 heteroatoms. The molecular weight excluding hydrogens is 224 g/mol. The minimum Gasteiger partial charge on any atom is -0.286 e. The summed E-state index contributed by atoms with van der Waals surface area (Å²) in [4.78, 5) is 23.9. The van der Waals surface area contributed by atoms with E-state index in [1.54, 1.807) is 0 Å². The number of hydrogen-bond acceptors (Lipinski definition) is 2. The number of rotatable bonds is 4. The largest absolute Gasteiger partial charge is 0.286 e. The van der Waals surface area contributed by atoms with Crippen LogP contribution in [0.25, 0.3) is 0 Å². The average molecular weight is 248 g/mol. The minimum absolute atomic E-state index is 0.0641. The second kappa shape index (κ2) is 4.83. The van der Waals surface area contributed by atoms with Gasteiger partial charge < -0.3 is 0 Å². The van der Waals surface area contributed by atoms with E-state index in [1.807, 2.05) is 26.8 Å². The normalized spacial score (nSPS) is 17.7. The molecule has 0 fully saturated rings. The van der Waals surface area contributed by atoms with E-state index < -0.39 is 0 Å². The van der Waals surface area contributed by atoms with Crippen molar-refractivity contribution in [1.82, 2.24) is 0 Å². The number of carbonyl (C=O) groups is 2. The zero-order valence-electron chi connectivity index (χ0n) is 12.4. The third-order valence-electron chi connectivity index (χ3n) is 4.33. The van der Waals surface area contributed by atoms with Crippen molar-refractivity contribution in [2.45, 2.75) is 54.4 Å². The fraction of sp³-hybridized carbons (Fsp3) is 0.625. The molecule has 1 aliphatic carbocycles. The Bertz CT molecular complexity index is 434. The lowest BCUT2D eigenvalue weighted by atomic mass is 9.71. The maximum atomic E-state index is 12.0. The molecule has 1 aliphatic rings. The monoisotopic (exact) mass is 248 g/mol. The first kappa shape index (κ1) is 14.9. The molecule has 0 radical (unpaired) electrons. The van der Waals surface area contributed by atoms with Crippen molar-refractivity contribution in [2.24, 2.45) is 10.8 Å². The first-order valence-corrected chi connectivity index (χ1v) is 6.68. The summed E-state index contributed by atoms with van der Waals surface area (Å²) >= 11 is 0. The van der Waals surface area contributed by atoms with Crippen LogP contribution < -0.4 is 0 Å². The Kier molecular flexibility index (Phi) is 3.99. The first-order chi connectivity index (χ1) is 8.15. The van der Waals surface area contributed by atoms with Gasteiger partial charge in [0.15, 0.2) is 0 Å². The van der Waals surface area contributed by atoms with Crippen LogP contribution in [0.1, 0.15) is 54.4 Å². The van der Waals surface area contributed by atoms with Crippen LogP contribution in [0.5, 0.6) is 0 Å². The highest BCUT2D eigenvalue weighted by molar-refractivity contribution is 6.48. The van der Waals surface area contributed by atoms with Crippen LogP contribution in [0.15, 0.2) is 23.3 Å². The fourth-order valence-electron chi connectivity index (χ4n) is 1.89. The van der Waals surface area contributed by atoms with Crippen LogP contribution in [0.3, 0.4) is 0 Å². The summed E-state index contributed by atoms with van der Waals surface area (Å²) in [6.07, 6.45) is 5.24. The number of ketones is 2. The molecule has 0 bridgehead atoms. The summed E-state index contributed by atoms with van der Waals surface area (Å²) in [7, 11) is 0. The highest BCUT2D eigenvalue weighted by Gasteiger charge is 2.35. The lowest BCUT2D eigenvalue weighted by Gasteiger charge is -2.32. The Morgan fingerprint density at radius 3 is 1.83 bits per heavy atom. The van der Waals surface area contributed by atoms with Gasteiger partial charge in [0.25, 0.3) is 0 Å². The van der Waals surface area contributed by atoms with Gasteiger partial charge in [-0.15, -0.1) is 0 Å². The van der Waals surface area contributed by atoms with Gasteiger partial charge in [0.05, 0.1) is 0 Å². The van der Waals surface area contributed by atoms with Crippen molar-refractivity contribution in [2.75, 3.05) is 0 Å². The molecule has 0 aromatic carbocycles. The van der Waals surface area contributed by atoms with Gasteiger partial charge in [0.1, 0.15) is 0 Å². The lowest BCUT2D eigenvalue weighted by molar-refractivity contribution is -0.132. The van der Waals surface area contributed by atoms with Crippen molar-refractivity contribution in [3.05, 3.63) is 23.3 Å². The van der Waals surface area contributed by atoms with Gasteiger partial charge in [-0.3, -0.25) is 9.59 Å². The SMILES string of the molecule is CCC(C)(C)C1=CC(=O)C(=O)C(C(C)(C)CC)=C1. The van der Waals surface area contributed by atoms with E-state index in [0.29, 0.717) is 5.57 Å². The average Bonchev–Trinajstić information content (AvgIpc) is 2.31. The Morgan fingerprint density at radius 2 is 1.39 bits per heavy atom. The van der Waals surface area contributed by atoms with E-state index in [4.69, 9.17) is 0 Å². The zero-order chi connectivity index (χ0) is 14.1. The fourth-order valence-corrected chi connectivity index (χ4v) is 1.89. The van der Waals surface area contributed by atoms with E-state index >= 15 is 0 Å². The summed E-state index contributed by atoms with van der Waals surface area (Å²) in [5, 5.41) is 0. The summed E-state index contributed by atoms with van der Waals surface area (Å²) in [6, 6.07) is 0. The maximum Gasteiger partial charge on any atom is 0.229 e. The van der Waals surface area contributed by atoms with E-state index in [0.717, 1.165) is 18.4 Å². The van der Waals surface area contributed by atoms with Crippen LogP contribution >= 0.6 is 0 Å². The van der Waals surface area contributed by atoms with Crippen molar-refractivity contribution in [1.29, 1.82) is 0 Å². The quantitative estimate of drug-likeness (QED) is 0.559. The van der Waals surface area contributed by atoms with E-state index in [9.17, 15) is 9.59 Å². The number of allylic oxidation sites excluding steroid dienone is 4. The van der Waals surface area contributed by atoms with Gasteiger partial charge in [-0.2, -0.15) is 0 Å². The molecule has 0 aromatic heterocycles. The maximum absolute atomic E-state index is 12.0. The Labute approximate surface area is 110 Å². The molecule has 0 spiro atoms. The second-order valence-electron chi connectivity index (χ2n) is 6.33. The molecule has 0 aliphatic heterocycles. The second-order valence-corrected chi connectivity index (χ2v) is 6.33. The molecule has 100 valence electrons. The van der Waals surface area contributed by atoms with Gasteiger partial charge in [0, 0.05) is 5.57 Å². The predicted molar refractivity (Wildman–Crippen MR) is 74.3 cm³/mol. The van der Waals surface area contributed by atoms with Crippen LogP contribution in [-0.4, -0.2) is 11.6 Å². The molecule has 0 atom stereocenters. The Balaban J connectivity index is 3.31. The number of Topliss-reactive ketones (excluding diaryl/α,β-unsaturated/α-hetero) is 1. The molecule has 0 saturated heterocycles. The first-order valence-electron chi connectivity index (χ1n) is 6.68. The topological polar surface area (TPSA) is 34.1 Å². The minimum atomic E-state index is -0.370. The molecule has 1 rings (SSSR count).